The van der Waals surface area contributed by atoms with Gasteiger partial charge in [0.25, 0.3) is 0 Å². The van der Waals surface area contributed by atoms with Gasteiger partial charge in [0.2, 0.25) is 0 Å². The number of benzene rings is 4. The number of esters is 1. The van der Waals surface area contributed by atoms with Crippen molar-refractivity contribution in [1.82, 2.24) is 0 Å². The van der Waals surface area contributed by atoms with Crippen molar-refractivity contribution in [3.05, 3.63) is 90.0 Å². The molecule has 0 aliphatic carbocycles. The molecular formula is C29H30O4. The van der Waals surface area contributed by atoms with E-state index < -0.39 is 6.29 Å². The maximum Gasteiger partial charge on any atom is 0.339 e. The minimum Gasteiger partial charge on any atom is -0.465 e. The Hall–Kier alpha value is -3.37. The predicted octanol–water partition coefficient (Wildman–Crippen LogP) is 7.10. The van der Waals surface area contributed by atoms with E-state index in [1.165, 1.54) is 5.56 Å². The van der Waals surface area contributed by atoms with Gasteiger partial charge >= 0.3 is 5.97 Å². The lowest BCUT2D eigenvalue weighted by Crippen LogP contribution is -2.20. The second-order valence-corrected chi connectivity index (χ2v) is 8.26. The molecule has 0 radical (unpaired) electrons. The fourth-order valence-electron chi connectivity index (χ4n) is 3.99. The van der Waals surface area contributed by atoms with E-state index in [2.05, 4.69) is 32.0 Å². The van der Waals surface area contributed by atoms with Crippen LogP contribution in [0.15, 0.2) is 78.9 Å². The third-order valence-electron chi connectivity index (χ3n) is 6.01. The van der Waals surface area contributed by atoms with Gasteiger partial charge in [-0.15, -0.1) is 0 Å². The van der Waals surface area contributed by atoms with E-state index in [0.29, 0.717) is 11.5 Å². The number of ether oxygens (including phenoxy) is 3. The monoisotopic (exact) mass is 442 g/mol. The van der Waals surface area contributed by atoms with Gasteiger partial charge in [-0.25, -0.2) is 4.79 Å². The van der Waals surface area contributed by atoms with Crippen LogP contribution in [0.25, 0.3) is 21.5 Å². The predicted molar refractivity (Wildman–Crippen MR) is 133 cm³/mol. The van der Waals surface area contributed by atoms with Gasteiger partial charge < -0.3 is 14.2 Å². The summed E-state index contributed by atoms with van der Waals surface area (Å²) in [7, 11) is 0. The third-order valence-corrected chi connectivity index (χ3v) is 6.01. The first-order valence-electron chi connectivity index (χ1n) is 11.5. The number of hydrogen-bond acceptors (Lipinski definition) is 4. The highest BCUT2D eigenvalue weighted by atomic mass is 16.7. The lowest BCUT2D eigenvalue weighted by atomic mass is 9.97. The molecule has 0 spiro atoms. The summed E-state index contributed by atoms with van der Waals surface area (Å²) in [4.78, 5) is 13.0. The number of fused-ring (bicyclic) bond motifs is 2. The fourth-order valence-corrected chi connectivity index (χ4v) is 3.99. The minimum absolute atomic E-state index is 0.150. The van der Waals surface area contributed by atoms with Gasteiger partial charge in [0, 0.05) is 0 Å². The van der Waals surface area contributed by atoms with E-state index in [-0.39, 0.29) is 19.2 Å². The molecule has 4 heteroatoms. The topological polar surface area (TPSA) is 44.8 Å². The van der Waals surface area contributed by atoms with Crippen molar-refractivity contribution in [2.45, 2.75) is 39.4 Å². The van der Waals surface area contributed by atoms with Gasteiger partial charge in [-0.1, -0.05) is 74.5 Å². The first kappa shape index (κ1) is 22.8. The summed E-state index contributed by atoms with van der Waals surface area (Å²) >= 11 is 0. The van der Waals surface area contributed by atoms with E-state index in [0.717, 1.165) is 33.7 Å². The molecule has 4 aromatic carbocycles. The SMILES string of the molecule is CCC(C)c1ccc(OC(C)OCCOC(=O)c2c3ccccc3cc3ccccc23)cc1. The fraction of sp³-hybridized carbons (Fsp3) is 0.276. The zero-order valence-corrected chi connectivity index (χ0v) is 19.4. The molecule has 0 fully saturated rings. The lowest BCUT2D eigenvalue weighted by Gasteiger charge is -2.17. The highest BCUT2D eigenvalue weighted by molar-refractivity contribution is 6.16. The molecule has 4 aromatic rings. The molecule has 0 saturated heterocycles. The molecule has 0 amide bonds. The molecule has 2 unspecified atom stereocenters. The van der Waals surface area contributed by atoms with E-state index >= 15 is 0 Å². The van der Waals surface area contributed by atoms with Crippen LogP contribution in [0.1, 0.15) is 49.0 Å². The molecule has 0 N–H and O–H groups in total. The maximum absolute atomic E-state index is 13.0. The van der Waals surface area contributed by atoms with Crippen LogP contribution in [0.2, 0.25) is 0 Å². The quantitative estimate of drug-likeness (QED) is 0.120. The summed E-state index contributed by atoms with van der Waals surface area (Å²) in [5.41, 5.74) is 1.89. The van der Waals surface area contributed by atoms with Gasteiger partial charge in [-0.05, 0) is 64.6 Å². The summed E-state index contributed by atoms with van der Waals surface area (Å²) in [5.74, 6) is 0.941. The molecule has 0 bridgehead atoms. The van der Waals surface area contributed by atoms with Crippen molar-refractivity contribution in [1.29, 1.82) is 0 Å². The van der Waals surface area contributed by atoms with Crippen molar-refractivity contribution in [3.63, 3.8) is 0 Å². The summed E-state index contributed by atoms with van der Waals surface area (Å²) in [5, 5.41) is 3.81. The molecule has 4 rings (SSSR count). The summed E-state index contributed by atoms with van der Waals surface area (Å²) < 4.78 is 17.1. The Morgan fingerprint density at radius 3 is 2.03 bits per heavy atom. The molecule has 0 saturated carbocycles. The Balaban J connectivity index is 1.34. The Kier molecular flexibility index (Phi) is 7.26. The average molecular weight is 443 g/mol. The highest BCUT2D eigenvalue weighted by Crippen LogP contribution is 2.29. The van der Waals surface area contributed by atoms with E-state index in [1.807, 2.05) is 67.6 Å². The number of rotatable bonds is 9. The van der Waals surface area contributed by atoms with Crippen molar-refractivity contribution in [2.75, 3.05) is 13.2 Å². The van der Waals surface area contributed by atoms with E-state index in [9.17, 15) is 4.79 Å². The van der Waals surface area contributed by atoms with Crippen LogP contribution in [0.5, 0.6) is 5.75 Å². The van der Waals surface area contributed by atoms with Crippen LogP contribution in [0, 0.1) is 0 Å². The average Bonchev–Trinajstić information content (AvgIpc) is 2.85. The second-order valence-electron chi connectivity index (χ2n) is 8.26. The molecule has 0 heterocycles. The molecule has 2 atom stereocenters. The Morgan fingerprint density at radius 2 is 1.42 bits per heavy atom. The largest absolute Gasteiger partial charge is 0.465 e. The Bertz CT molecular complexity index is 1180. The maximum atomic E-state index is 13.0. The van der Waals surface area contributed by atoms with Crippen LogP contribution in [-0.2, 0) is 9.47 Å². The van der Waals surface area contributed by atoms with Crippen LogP contribution in [0.4, 0.5) is 0 Å². The van der Waals surface area contributed by atoms with Crippen molar-refractivity contribution >= 4 is 27.5 Å². The van der Waals surface area contributed by atoms with Crippen LogP contribution in [-0.4, -0.2) is 25.5 Å². The first-order chi connectivity index (χ1) is 16.1. The summed E-state index contributed by atoms with van der Waals surface area (Å²) in [6.45, 7) is 6.63. The molecule has 0 aliphatic heterocycles. The van der Waals surface area contributed by atoms with Crippen LogP contribution < -0.4 is 4.74 Å². The number of hydrogen-bond donors (Lipinski definition) is 0. The van der Waals surface area contributed by atoms with Crippen molar-refractivity contribution < 1.29 is 19.0 Å². The normalized spacial score (nSPS) is 13.1. The molecular weight excluding hydrogens is 412 g/mol. The smallest absolute Gasteiger partial charge is 0.339 e. The van der Waals surface area contributed by atoms with E-state index in [4.69, 9.17) is 14.2 Å². The molecule has 0 aromatic heterocycles. The van der Waals surface area contributed by atoms with Crippen molar-refractivity contribution in [3.8, 4) is 5.75 Å². The van der Waals surface area contributed by atoms with Crippen LogP contribution >= 0.6 is 0 Å². The zero-order valence-electron chi connectivity index (χ0n) is 19.4. The molecule has 0 aliphatic rings. The third kappa shape index (κ3) is 5.35. The molecule has 33 heavy (non-hydrogen) atoms. The standard InChI is InChI=1S/C29H30O4/c1-4-20(2)22-13-15-25(16-14-22)33-21(3)31-17-18-32-29(30)28-26-11-7-5-9-23(26)19-24-10-6-8-12-27(24)28/h5-16,19-21H,4,17-18H2,1-3H3. The Morgan fingerprint density at radius 1 is 0.818 bits per heavy atom. The van der Waals surface area contributed by atoms with Gasteiger partial charge in [0.15, 0.2) is 6.29 Å². The number of carbonyl (C=O) groups excluding carboxylic acids is 1. The zero-order chi connectivity index (χ0) is 23.2. The highest BCUT2D eigenvalue weighted by Gasteiger charge is 2.16. The minimum atomic E-state index is -0.448. The lowest BCUT2D eigenvalue weighted by molar-refractivity contribution is -0.0783. The van der Waals surface area contributed by atoms with Gasteiger partial charge in [-0.3, -0.25) is 0 Å². The summed E-state index contributed by atoms with van der Waals surface area (Å²) in [6.07, 6.45) is 0.657. The number of carbonyl (C=O) groups is 1. The van der Waals surface area contributed by atoms with Gasteiger partial charge in [0.05, 0.1) is 12.2 Å². The van der Waals surface area contributed by atoms with E-state index in [1.54, 1.807) is 0 Å². The molecule has 4 nitrogen and oxygen atoms in total. The van der Waals surface area contributed by atoms with Gasteiger partial charge in [0.1, 0.15) is 12.4 Å². The molecule has 170 valence electrons. The first-order valence-corrected chi connectivity index (χ1v) is 11.5. The summed E-state index contributed by atoms with van der Waals surface area (Å²) in [6, 6.07) is 26.0. The van der Waals surface area contributed by atoms with Crippen molar-refractivity contribution in [2.24, 2.45) is 0 Å². The van der Waals surface area contributed by atoms with Crippen LogP contribution in [0.3, 0.4) is 0 Å². The Labute approximate surface area is 195 Å². The van der Waals surface area contributed by atoms with Gasteiger partial charge in [-0.2, -0.15) is 0 Å². The second kappa shape index (κ2) is 10.5.